The summed E-state index contributed by atoms with van der Waals surface area (Å²) >= 11 is 7.79. The zero-order valence-corrected chi connectivity index (χ0v) is 12.0. The van der Waals surface area contributed by atoms with Crippen LogP contribution in [0.3, 0.4) is 0 Å². The molecule has 0 unspecified atom stereocenters. The van der Waals surface area contributed by atoms with E-state index in [1.54, 1.807) is 11.3 Å². The molecule has 0 saturated heterocycles. The molecule has 1 radical (unpaired) electrons. The van der Waals surface area contributed by atoms with Crippen LogP contribution in [0.15, 0.2) is 11.4 Å². The van der Waals surface area contributed by atoms with Crippen LogP contribution >= 0.6 is 22.9 Å². The van der Waals surface area contributed by atoms with E-state index in [0.29, 0.717) is 0 Å². The minimum Gasteiger partial charge on any atom is -0.381 e. The molecule has 1 aromatic rings. The minimum absolute atomic E-state index is 0.895. The highest BCUT2D eigenvalue weighted by Crippen LogP contribution is 2.23. The van der Waals surface area contributed by atoms with Gasteiger partial charge in [0.2, 0.25) is 0 Å². The van der Waals surface area contributed by atoms with Crippen molar-refractivity contribution >= 4 is 22.9 Å². The smallest absolute Gasteiger partial charge is 0.0544 e. The van der Waals surface area contributed by atoms with Crippen LogP contribution in [0.5, 0.6) is 0 Å². The molecule has 0 amide bonds. The second kappa shape index (κ2) is 9.93. The first kappa shape index (κ1) is 15.0. The van der Waals surface area contributed by atoms with E-state index in [1.807, 2.05) is 6.07 Å². The highest BCUT2D eigenvalue weighted by molar-refractivity contribution is 7.10. The number of aryl methyl sites for hydroxylation is 1. The van der Waals surface area contributed by atoms with Gasteiger partial charge in [0.15, 0.2) is 0 Å². The summed E-state index contributed by atoms with van der Waals surface area (Å²) in [4.78, 5) is 1.32. The average molecular weight is 274 g/mol. The fraction of sp³-hybridized carbons (Fsp3) is 0.643. The summed E-state index contributed by atoms with van der Waals surface area (Å²) in [5.74, 6) is 0. The van der Waals surface area contributed by atoms with Gasteiger partial charge in [-0.25, -0.2) is 0 Å². The molecule has 1 nitrogen and oxygen atoms in total. The Morgan fingerprint density at radius 1 is 1.12 bits per heavy atom. The fourth-order valence-corrected chi connectivity index (χ4v) is 2.83. The molecule has 17 heavy (non-hydrogen) atoms. The third kappa shape index (κ3) is 7.07. The topological polar surface area (TPSA) is 9.23 Å². The van der Waals surface area contributed by atoms with Crippen molar-refractivity contribution in [2.75, 3.05) is 13.2 Å². The van der Waals surface area contributed by atoms with Crippen molar-refractivity contribution < 1.29 is 4.74 Å². The Hall–Kier alpha value is -0.0500. The Bertz CT molecular complexity index is 286. The zero-order chi connectivity index (χ0) is 12.3. The van der Waals surface area contributed by atoms with Crippen LogP contribution in [0.2, 0.25) is 5.02 Å². The van der Waals surface area contributed by atoms with Crippen molar-refractivity contribution in [2.45, 2.75) is 44.9 Å². The Kier molecular flexibility index (Phi) is 8.76. The van der Waals surface area contributed by atoms with Crippen LogP contribution in [0.4, 0.5) is 0 Å². The van der Waals surface area contributed by atoms with Crippen LogP contribution in [0, 0.1) is 6.92 Å². The van der Waals surface area contributed by atoms with Gasteiger partial charge >= 0.3 is 0 Å². The summed E-state index contributed by atoms with van der Waals surface area (Å²) in [5.41, 5.74) is 0. The van der Waals surface area contributed by atoms with Gasteiger partial charge in [-0.05, 0) is 37.1 Å². The van der Waals surface area contributed by atoms with Crippen LogP contribution in [-0.4, -0.2) is 13.2 Å². The van der Waals surface area contributed by atoms with Gasteiger partial charge in [0.1, 0.15) is 0 Å². The Morgan fingerprint density at radius 3 is 2.53 bits per heavy atom. The Morgan fingerprint density at radius 2 is 1.88 bits per heavy atom. The zero-order valence-electron chi connectivity index (χ0n) is 10.4. The number of rotatable bonds is 10. The lowest BCUT2D eigenvalue weighted by Crippen LogP contribution is -1.97. The van der Waals surface area contributed by atoms with Crippen LogP contribution in [-0.2, 0) is 11.2 Å². The molecule has 0 saturated carbocycles. The molecule has 3 heteroatoms. The van der Waals surface area contributed by atoms with E-state index in [0.717, 1.165) is 43.9 Å². The van der Waals surface area contributed by atoms with E-state index in [1.165, 1.54) is 24.1 Å². The summed E-state index contributed by atoms with van der Waals surface area (Å²) < 4.78 is 5.55. The average Bonchev–Trinajstić information content (AvgIpc) is 2.73. The van der Waals surface area contributed by atoms with Crippen molar-refractivity contribution in [1.29, 1.82) is 0 Å². The van der Waals surface area contributed by atoms with Gasteiger partial charge < -0.3 is 4.74 Å². The van der Waals surface area contributed by atoms with E-state index in [2.05, 4.69) is 12.3 Å². The highest BCUT2D eigenvalue weighted by atomic mass is 35.5. The maximum Gasteiger partial charge on any atom is 0.0544 e. The third-order valence-electron chi connectivity index (χ3n) is 2.67. The molecule has 0 fully saturated rings. The van der Waals surface area contributed by atoms with Gasteiger partial charge in [0, 0.05) is 18.1 Å². The van der Waals surface area contributed by atoms with Crippen molar-refractivity contribution in [3.63, 3.8) is 0 Å². The lowest BCUT2D eigenvalue weighted by Gasteiger charge is -2.03. The number of hydrogen-bond acceptors (Lipinski definition) is 2. The van der Waals surface area contributed by atoms with Gasteiger partial charge in [-0.2, -0.15) is 0 Å². The van der Waals surface area contributed by atoms with Gasteiger partial charge in [0.05, 0.1) is 5.02 Å². The third-order valence-corrected chi connectivity index (χ3v) is 4.12. The Labute approximate surface area is 114 Å². The number of ether oxygens (including phenoxy) is 1. The summed E-state index contributed by atoms with van der Waals surface area (Å²) in [5, 5.41) is 2.99. The lowest BCUT2D eigenvalue weighted by atomic mass is 10.2. The number of halogens is 1. The molecule has 0 aromatic carbocycles. The summed E-state index contributed by atoms with van der Waals surface area (Å²) in [7, 11) is 0. The molecule has 0 aliphatic heterocycles. The maximum absolute atomic E-state index is 6.03. The monoisotopic (exact) mass is 273 g/mol. The van der Waals surface area contributed by atoms with Gasteiger partial charge in [-0.3, -0.25) is 0 Å². The van der Waals surface area contributed by atoms with Crippen LogP contribution < -0.4 is 0 Å². The van der Waals surface area contributed by atoms with Gasteiger partial charge in [0.25, 0.3) is 0 Å². The molecular formula is C14H22ClOS. The second-order valence-electron chi connectivity index (χ2n) is 4.18. The van der Waals surface area contributed by atoms with E-state index < -0.39 is 0 Å². The first-order chi connectivity index (χ1) is 8.34. The highest BCUT2D eigenvalue weighted by Gasteiger charge is 2.00. The molecule has 1 heterocycles. The molecule has 0 aliphatic rings. The normalized spacial score (nSPS) is 10.9. The molecule has 0 N–H and O–H groups in total. The quantitative estimate of drug-likeness (QED) is 0.537. The molecule has 0 spiro atoms. The first-order valence-electron chi connectivity index (χ1n) is 6.43. The minimum atomic E-state index is 0.895. The number of unbranched alkanes of at least 4 members (excludes halogenated alkanes) is 4. The van der Waals surface area contributed by atoms with Crippen molar-refractivity contribution in [3.05, 3.63) is 28.3 Å². The Balaban J connectivity index is 1.86. The predicted molar refractivity (Wildman–Crippen MR) is 76.9 cm³/mol. The largest absolute Gasteiger partial charge is 0.381 e. The van der Waals surface area contributed by atoms with Crippen LogP contribution in [0.1, 0.15) is 43.4 Å². The van der Waals surface area contributed by atoms with Crippen molar-refractivity contribution in [1.82, 2.24) is 0 Å². The number of hydrogen-bond donors (Lipinski definition) is 0. The predicted octanol–water partition coefficient (Wildman–Crippen LogP) is 5.14. The molecular weight excluding hydrogens is 252 g/mol. The molecule has 0 atom stereocenters. The van der Waals surface area contributed by atoms with Gasteiger partial charge in [-0.15, -0.1) is 11.3 Å². The molecule has 0 aliphatic carbocycles. The number of thiophene rings is 1. The van der Waals surface area contributed by atoms with E-state index in [9.17, 15) is 0 Å². The second-order valence-corrected chi connectivity index (χ2v) is 5.58. The fourth-order valence-electron chi connectivity index (χ4n) is 1.65. The van der Waals surface area contributed by atoms with Crippen molar-refractivity contribution in [2.24, 2.45) is 0 Å². The van der Waals surface area contributed by atoms with E-state index in [-0.39, 0.29) is 0 Å². The first-order valence-corrected chi connectivity index (χ1v) is 7.69. The molecule has 1 aromatic heterocycles. The van der Waals surface area contributed by atoms with E-state index >= 15 is 0 Å². The standard InChI is InChI=1S/C14H22ClOS/c1-2-3-6-10-16-11-7-4-5-8-14-13(15)9-12-17-14/h9,12H,1-8,10-11H2. The SMILES string of the molecule is [CH2]CCCCOCCCCCc1sccc1Cl. The van der Waals surface area contributed by atoms with E-state index in [4.69, 9.17) is 16.3 Å². The maximum atomic E-state index is 6.03. The summed E-state index contributed by atoms with van der Waals surface area (Å²) in [6.45, 7) is 5.60. The molecule has 0 bridgehead atoms. The van der Waals surface area contributed by atoms with Gasteiger partial charge in [-0.1, -0.05) is 37.8 Å². The molecule has 97 valence electrons. The van der Waals surface area contributed by atoms with Crippen molar-refractivity contribution in [3.8, 4) is 0 Å². The summed E-state index contributed by atoms with van der Waals surface area (Å²) in [6.07, 6.45) is 8.05. The molecule has 1 rings (SSSR count). The summed E-state index contributed by atoms with van der Waals surface area (Å²) in [6, 6.07) is 1.98. The lowest BCUT2D eigenvalue weighted by molar-refractivity contribution is 0.126. The van der Waals surface area contributed by atoms with Crippen LogP contribution in [0.25, 0.3) is 0 Å².